The number of pyridine rings is 1. The summed E-state index contributed by atoms with van der Waals surface area (Å²) in [6.07, 6.45) is 6.97. The van der Waals surface area contributed by atoms with Gasteiger partial charge in [-0.25, -0.2) is 0 Å². The van der Waals surface area contributed by atoms with Gasteiger partial charge in [0.1, 0.15) is 0 Å². The van der Waals surface area contributed by atoms with Crippen LogP contribution >= 0.6 is 11.6 Å². The standard InChI is InChI=1S/C21H22ClN3/c1-14(16-6-8-23-9-7-16)12-25-20-5-4-17(22)11-18(20)19-13-24(3)15(2)10-21(19)25/h4-9,11-12,15H,10,13H2,1-3H3/b14-12-/t15-/m1/s1. The highest BCUT2D eigenvalue weighted by Gasteiger charge is 2.26. The van der Waals surface area contributed by atoms with Crippen molar-refractivity contribution in [3.63, 3.8) is 0 Å². The second-order valence-corrected chi connectivity index (χ2v) is 7.41. The Hall–Kier alpha value is -2.10. The van der Waals surface area contributed by atoms with Crippen molar-refractivity contribution in [3.8, 4) is 0 Å². The van der Waals surface area contributed by atoms with Crippen LogP contribution in [0.15, 0.2) is 42.7 Å². The first-order chi connectivity index (χ1) is 12.0. The van der Waals surface area contributed by atoms with Crippen LogP contribution in [0.4, 0.5) is 0 Å². The molecule has 4 rings (SSSR count). The van der Waals surface area contributed by atoms with Crippen molar-refractivity contribution in [1.82, 2.24) is 14.5 Å². The van der Waals surface area contributed by atoms with Crippen molar-refractivity contribution in [2.45, 2.75) is 32.9 Å². The molecule has 0 N–H and O–H groups in total. The number of rotatable bonds is 2. The monoisotopic (exact) mass is 351 g/mol. The van der Waals surface area contributed by atoms with Gasteiger partial charge in [-0.05, 0) is 67.9 Å². The first-order valence-corrected chi connectivity index (χ1v) is 9.02. The topological polar surface area (TPSA) is 21.1 Å². The summed E-state index contributed by atoms with van der Waals surface area (Å²) in [4.78, 5) is 6.53. The van der Waals surface area contributed by atoms with Crippen LogP contribution in [0.3, 0.4) is 0 Å². The third kappa shape index (κ3) is 2.88. The van der Waals surface area contributed by atoms with Crippen LogP contribution in [-0.2, 0) is 13.0 Å². The van der Waals surface area contributed by atoms with E-state index in [0.717, 1.165) is 18.0 Å². The molecule has 0 fully saturated rings. The molecule has 1 atom stereocenters. The Morgan fingerprint density at radius 2 is 2.00 bits per heavy atom. The molecule has 0 amide bonds. The number of hydrogen-bond acceptors (Lipinski definition) is 2. The van der Waals surface area contributed by atoms with Crippen LogP contribution in [-0.4, -0.2) is 27.5 Å². The molecule has 0 saturated carbocycles. The third-order valence-corrected chi connectivity index (χ3v) is 5.52. The van der Waals surface area contributed by atoms with Crippen molar-refractivity contribution in [2.24, 2.45) is 0 Å². The SMILES string of the molecule is C/C(=C/n1c2c(c3cc(Cl)ccc31)CN(C)[C@H](C)C2)c1ccncc1. The minimum absolute atomic E-state index is 0.528. The van der Waals surface area contributed by atoms with E-state index in [4.69, 9.17) is 11.6 Å². The first-order valence-electron chi connectivity index (χ1n) is 8.65. The molecule has 128 valence electrons. The van der Waals surface area contributed by atoms with Gasteiger partial charge in [0.15, 0.2) is 0 Å². The van der Waals surface area contributed by atoms with E-state index in [1.165, 1.54) is 33.3 Å². The minimum Gasteiger partial charge on any atom is -0.320 e. The van der Waals surface area contributed by atoms with Gasteiger partial charge in [-0.1, -0.05) is 11.6 Å². The summed E-state index contributed by atoms with van der Waals surface area (Å²) in [6.45, 7) is 5.40. The molecule has 0 aliphatic carbocycles. The van der Waals surface area contributed by atoms with Gasteiger partial charge < -0.3 is 4.57 Å². The Bertz CT molecular complexity index is 956. The van der Waals surface area contributed by atoms with Crippen molar-refractivity contribution < 1.29 is 0 Å². The first kappa shape index (κ1) is 16.4. The van der Waals surface area contributed by atoms with E-state index in [9.17, 15) is 0 Å². The van der Waals surface area contributed by atoms with E-state index in [1.54, 1.807) is 0 Å². The van der Waals surface area contributed by atoms with E-state index in [2.05, 4.69) is 65.8 Å². The van der Waals surface area contributed by atoms with Crippen LogP contribution in [0.1, 0.15) is 30.7 Å². The number of halogens is 1. The second kappa shape index (κ2) is 6.32. The lowest BCUT2D eigenvalue weighted by Gasteiger charge is -2.30. The highest BCUT2D eigenvalue weighted by atomic mass is 35.5. The lowest BCUT2D eigenvalue weighted by molar-refractivity contribution is 0.230. The maximum Gasteiger partial charge on any atom is 0.0529 e. The predicted octanol–water partition coefficient (Wildman–Crippen LogP) is 5.08. The van der Waals surface area contributed by atoms with Gasteiger partial charge in [-0.15, -0.1) is 0 Å². The summed E-state index contributed by atoms with van der Waals surface area (Å²) in [6, 6.07) is 10.9. The summed E-state index contributed by atoms with van der Waals surface area (Å²) in [5, 5.41) is 2.06. The van der Waals surface area contributed by atoms with Crippen LogP contribution in [0.25, 0.3) is 22.7 Å². The summed E-state index contributed by atoms with van der Waals surface area (Å²) >= 11 is 6.29. The zero-order valence-electron chi connectivity index (χ0n) is 14.8. The molecule has 1 aliphatic rings. The number of fused-ring (bicyclic) bond motifs is 3. The lowest BCUT2D eigenvalue weighted by Crippen LogP contribution is -2.35. The lowest BCUT2D eigenvalue weighted by atomic mass is 10.00. The maximum absolute atomic E-state index is 6.29. The smallest absolute Gasteiger partial charge is 0.0529 e. The highest BCUT2D eigenvalue weighted by molar-refractivity contribution is 6.31. The Kier molecular flexibility index (Phi) is 4.14. The molecule has 0 saturated heterocycles. The summed E-state index contributed by atoms with van der Waals surface area (Å²) < 4.78 is 2.36. The summed E-state index contributed by atoms with van der Waals surface area (Å²) in [7, 11) is 2.19. The molecule has 3 aromatic rings. The maximum atomic E-state index is 6.29. The molecule has 3 nitrogen and oxygen atoms in total. The van der Waals surface area contributed by atoms with E-state index in [-0.39, 0.29) is 0 Å². The minimum atomic E-state index is 0.528. The number of likely N-dealkylation sites (N-methyl/N-ethyl adjacent to an activating group) is 1. The van der Waals surface area contributed by atoms with Gasteiger partial charge in [0.05, 0.1) is 5.52 Å². The second-order valence-electron chi connectivity index (χ2n) is 6.97. The fraction of sp³-hybridized carbons (Fsp3) is 0.286. The molecule has 0 bridgehead atoms. The molecule has 3 heterocycles. The summed E-state index contributed by atoms with van der Waals surface area (Å²) in [5.41, 5.74) is 6.45. The Labute approximate surface area is 153 Å². The number of benzene rings is 1. The highest BCUT2D eigenvalue weighted by Crippen LogP contribution is 2.35. The Morgan fingerprint density at radius 3 is 2.76 bits per heavy atom. The fourth-order valence-corrected chi connectivity index (χ4v) is 3.85. The number of hydrogen-bond donors (Lipinski definition) is 0. The fourth-order valence-electron chi connectivity index (χ4n) is 3.68. The van der Waals surface area contributed by atoms with E-state index in [0.29, 0.717) is 6.04 Å². The zero-order valence-corrected chi connectivity index (χ0v) is 15.6. The largest absolute Gasteiger partial charge is 0.320 e. The van der Waals surface area contributed by atoms with E-state index < -0.39 is 0 Å². The van der Waals surface area contributed by atoms with Crippen LogP contribution in [0.5, 0.6) is 0 Å². The van der Waals surface area contributed by atoms with Crippen molar-refractivity contribution >= 4 is 34.3 Å². The summed E-state index contributed by atoms with van der Waals surface area (Å²) in [5.74, 6) is 0. The Balaban J connectivity index is 1.93. The molecule has 0 unspecified atom stereocenters. The van der Waals surface area contributed by atoms with Crippen LogP contribution < -0.4 is 0 Å². The number of aromatic nitrogens is 2. The predicted molar refractivity (Wildman–Crippen MR) is 106 cm³/mol. The Morgan fingerprint density at radius 1 is 1.24 bits per heavy atom. The van der Waals surface area contributed by atoms with Gasteiger partial charge in [-0.2, -0.15) is 0 Å². The van der Waals surface area contributed by atoms with Gasteiger partial charge in [0.25, 0.3) is 0 Å². The van der Waals surface area contributed by atoms with Crippen molar-refractivity contribution in [2.75, 3.05) is 7.05 Å². The molecule has 0 spiro atoms. The molecule has 4 heteroatoms. The van der Waals surface area contributed by atoms with Gasteiger partial charge >= 0.3 is 0 Å². The van der Waals surface area contributed by atoms with Gasteiger partial charge in [-0.3, -0.25) is 9.88 Å². The number of allylic oxidation sites excluding steroid dienone is 1. The quantitative estimate of drug-likeness (QED) is 0.641. The average Bonchev–Trinajstić information content (AvgIpc) is 2.89. The number of nitrogens with zero attached hydrogens (tertiary/aromatic N) is 3. The van der Waals surface area contributed by atoms with Gasteiger partial charge in [0, 0.05) is 53.7 Å². The molecule has 0 radical (unpaired) electrons. The zero-order chi connectivity index (χ0) is 17.6. The van der Waals surface area contributed by atoms with Gasteiger partial charge in [0.2, 0.25) is 0 Å². The molecule has 1 aromatic carbocycles. The third-order valence-electron chi connectivity index (χ3n) is 5.29. The van der Waals surface area contributed by atoms with Crippen molar-refractivity contribution in [3.05, 3.63) is 64.6 Å². The molecule has 2 aromatic heterocycles. The normalized spacial score (nSPS) is 18.6. The van der Waals surface area contributed by atoms with E-state index >= 15 is 0 Å². The van der Waals surface area contributed by atoms with Crippen molar-refractivity contribution in [1.29, 1.82) is 0 Å². The van der Waals surface area contributed by atoms with Crippen LogP contribution in [0.2, 0.25) is 5.02 Å². The van der Waals surface area contributed by atoms with E-state index in [1.807, 2.05) is 18.5 Å². The molecular formula is C21H22ClN3. The molecular weight excluding hydrogens is 330 g/mol. The van der Waals surface area contributed by atoms with Crippen LogP contribution in [0, 0.1) is 0 Å². The molecule has 1 aliphatic heterocycles. The average molecular weight is 352 g/mol. The molecule has 25 heavy (non-hydrogen) atoms.